The molecule has 3 heterocycles. The predicted molar refractivity (Wildman–Crippen MR) is 481 cm³/mol. The third-order valence-electron chi connectivity index (χ3n) is 19.1. The first-order valence-electron chi connectivity index (χ1n) is 42.5. The Morgan fingerprint density at radius 3 is 1.06 bits per heavy atom. The fourth-order valence-electron chi connectivity index (χ4n) is 13.5. The van der Waals surface area contributed by atoms with Crippen LogP contribution in [0.4, 0.5) is 0 Å². The van der Waals surface area contributed by atoms with Crippen LogP contribution < -0.4 is 14.2 Å². The molecule has 0 bridgehead atoms. The number of aryl methyl sites for hydroxylation is 2. The number of benzene rings is 8. The van der Waals surface area contributed by atoms with Crippen molar-refractivity contribution in [1.82, 2.24) is 0 Å². The topological polar surface area (TPSA) is 544 Å². The van der Waals surface area contributed by atoms with E-state index in [1.165, 1.54) is 58.0 Å². The summed E-state index contributed by atoms with van der Waals surface area (Å²) in [6.07, 6.45) is -14.9. The molecule has 0 spiro atoms. The maximum absolute atomic E-state index is 12.0. The molecule has 15 atom stereocenters. The zero-order chi connectivity index (χ0) is 99.4. The lowest BCUT2D eigenvalue weighted by Crippen LogP contribution is -2.63. The number of phenols is 5. The number of carbonyl (C=O) groups excluding carboxylic acids is 8. The van der Waals surface area contributed by atoms with Gasteiger partial charge in [0.2, 0.25) is 0 Å². The number of carboxylic acids is 1. The van der Waals surface area contributed by atoms with E-state index in [2.05, 4.69) is 15.9 Å². The zero-order valence-corrected chi connectivity index (χ0v) is 77.6. The number of rotatable bonds is 34. The van der Waals surface area contributed by atoms with Gasteiger partial charge in [-0.05, 0) is 156 Å². The molecule has 37 nitrogen and oxygen atoms in total. The molecule has 3 aliphatic rings. The maximum Gasteiger partial charge on any atom is 0.307 e. The molecule has 8 aromatic carbocycles. The van der Waals surface area contributed by atoms with Crippen molar-refractivity contribution in [1.29, 1.82) is 0 Å². The summed E-state index contributed by atoms with van der Waals surface area (Å²) in [5, 5.41) is 109. The molecule has 38 heteroatoms. The monoisotopic (exact) mass is 1950 g/mol. The molecule has 0 aliphatic carbocycles. The lowest BCUT2D eigenvalue weighted by atomic mass is 9.98. The Hall–Kier alpha value is -12.6. The number of aliphatic carboxylic acids is 1. The van der Waals surface area contributed by atoms with E-state index < -0.39 is 151 Å². The Bertz CT molecular complexity index is 4920. The van der Waals surface area contributed by atoms with Gasteiger partial charge in [0.05, 0.1) is 26.2 Å². The number of alkyl halides is 1. The van der Waals surface area contributed by atoms with E-state index in [9.17, 15) is 68.7 Å². The van der Waals surface area contributed by atoms with Crippen LogP contribution in [0.15, 0.2) is 182 Å². The number of hydrogen-bond donors (Lipinski definition) is 12. The van der Waals surface area contributed by atoms with E-state index in [1.54, 1.807) is 12.1 Å². The van der Waals surface area contributed by atoms with Crippen LogP contribution in [-0.2, 0) is 157 Å². The Labute approximate surface area is 787 Å². The molecule has 11 rings (SSSR count). The van der Waals surface area contributed by atoms with Gasteiger partial charge in [-0.3, -0.25) is 43.2 Å². The van der Waals surface area contributed by atoms with Gasteiger partial charge in [-0.1, -0.05) is 119 Å². The van der Waals surface area contributed by atoms with Crippen LogP contribution in [0.3, 0.4) is 0 Å². The Morgan fingerprint density at radius 2 is 0.667 bits per heavy atom. The van der Waals surface area contributed by atoms with Crippen molar-refractivity contribution in [3.63, 3.8) is 0 Å². The molecular weight excluding hydrogens is 1840 g/mol. The summed E-state index contributed by atoms with van der Waals surface area (Å²) in [7, 11) is 0. The minimum Gasteiger partial charge on any atom is -0.508 e. The lowest BCUT2D eigenvalue weighted by molar-refractivity contribution is -0.307. The van der Waals surface area contributed by atoms with Crippen molar-refractivity contribution in [2.75, 3.05) is 46.2 Å². The Morgan fingerprint density at radius 1 is 0.333 bits per heavy atom. The van der Waals surface area contributed by atoms with Gasteiger partial charge in [-0.25, -0.2) is 0 Å². The number of carboxylic acid groups (broad SMARTS) is 1. The molecule has 0 amide bonds. The highest BCUT2D eigenvalue weighted by Gasteiger charge is 2.54. The van der Waals surface area contributed by atoms with Gasteiger partial charge < -0.3 is 137 Å². The largest absolute Gasteiger partial charge is 0.508 e. The number of aliphatic hydroxyl groups excluding tert-OH is 6. The van der Waals surface area contributed by atoms with Crippen molar-refractivity contribution in [3.8, 4) is 46.0 Å². The van der Waals surface area contributed by atoms with E-state index in [0.717, 1.165) is 95.3 Å². The van der Waals surface area contributed by atoms with Gasteiger partial charge in [0.25, 0.3) is 0 Å². The van der Waals surface area contributed by atoms with Crippen LogP contribution in [0.25, 0.3) is 0 Å². The normalized spacial score (nSPS) is 20.7. The summed E-state index contributed by atoms with van der Waals surface area (Å²) in [5.41, 5.74) is 9.08. The molecule has 0 saturated carbocycles. The molecule has 0 aromatic heterocycles. The molecular formula is C97H117BrO37. The first kappa shape index (κ1) is 111. The molecule has 3 saturated heterocycles. The highest BCUT2D eigenvalue weighted by Crippen LogP contribution is 2.35. The molecule has 8 aromatic rings. The predicted octanol–water partition coefficient (Wildman–Crippen LogP) is 8.48. The average Bonchev–Trinajstić information content (AvgIpc) is 0.795. The Kier molecular flexibility index (Phi) is 47.7. The number of ether oxygens (including phenoxy) is 16. The van der Waals surface area contributed by atoms with Crippen LogP contribution >= 0.6 is 15.9 Å². The van der Waals surface area contributed by atoms with Gasteiger partial charge in [0, 0.05) is 86.8 Å². The molecule has 0 radical (unpaired) electrons. The van der Waals surface area contributed by atoms with Crippen LogP contribution in [0, 0.1) is 13.8 Å². The summed E-state index contributed by atoms with van der Waals surface area (Å²) >= 11 is 3.18. The van der Waals surface area contributed by atoms with E-state index >= 15 is 0 Å². The lowest BCUT2D eigenvalue weighted by Gasteiger charge is -2.44. The number of phenolic OH excluding ortho intramolecular Hbond substituents is 5. The molecule has 3 fully saturated rings. The van der Waals surface area contributed by atoms with E-state index in [1.807, 2.05) is 147 Å². The van der Waals surface area contributed by atoms with Gasteiger partial charge in [0.1, 0.15) is 116 Å². The van der Waals surface area contributed by atoms with Crippen molar-refractivity contribution in [2.45, 2.75) is 212 Å². The third-order valence-corrected chi connectivity index (χ3v) is 19.8. The third kappa shape index (κ3) is 41.4. The minimum atomic E-state index is -1.45. The van der Waals surface area contributed by atoms with Gasteiger partial charge in [-0.2, -0.15) is 0 Å². The van der Waals surface area contributed by atoms with E-state index in [0.29, 0.717) is 56.8 Å². The fraction of sp³-hybridized carbons (Fsp3) is 0.412. The minimum absolute atomic E-state index is 0.0168. The number of hydrogen-bond acceptors (Lipinski definition) is 36. The SMILES string of the molecule is CC(=O)OC[C@H]1O[C@@H](Br)[C@H](OC(C)=O)[C@@H](OC(C)=O)[C@@H]1OC(C)=O.CC(=O)OC[C@H]1O[C@@H](OCCc2cc(C)cc(OCc3ccccc3)c2)[C@H](OC(C)=O)[C@@H](OC(C)=O)[C@@H]1OC(C)=O.Cc1cc(O)cc(CCO[C@@H]2O[C@H](CO)[C@@H](O)[C@H](O)[C@H]2O)c1.O=C(O)Cc1cc(O)cc(O)c1.OCCc1cc(O)cc(O)c1.OCCc1cc(OCc2ccccc2)cc(OCc2ccccc2)c1. The first-order valence-corrected chi connectivity index (χ1v) is 43.4. The number of halogens is 1. The molecule has 135 heavy (non-hydrogen) atoms. The van der Waals surface area contributed by atoms with Gasteiger partial charge in [-0.15, -0.1) is 0 Å². The Balaban J connectivity index is 0.000000262. The second-order valence-corrected chi connectivity index (χ2v) is 31.7. The van der Waals surface area contributed by atoms with Crippen LogP contribution in [0.5, 0.6) is 46.0 Å². The van der Waals surface area contributed by atoms with Crippen LogP contribution in [0.2, 0.25) is 0 Å². The summed E-state index contributed by atoms with van der Waals surface area (Å²) in [5.74, 6) is -4.07. The maximum atomic E-state index is 12.0. The fourth-order valence-corrected chi connectivity index (χ4v) is 14.2. The number of aromatic hydroxyl groups is 5. The molecule has 734 valence electrons. The smallest absolute Gasteiger partial charge is 0.307 e. The summed E-state index contributed by atoms with van der Waals surface area (Å²) in [6.45, 7) is 14.0. The first-order chi connectivity index (χ1) is 64.2. The van der Waals surface area contributed by atoms with Crippen LogP contribution in [-0.4, -0.2) is 252 Å². The summed E-state index contributed by atoms with van der Waals surface area (Å²) < 4.78 is 87.6. The molecule has 0 unspecified atom stereocenters. The average molecular weight is 1950 g/mol. The number of carbonyl (C=O) groups is 9. The molecule has 12 N–H and O–H groups in total. The molecule has 3 aliphatic heterocycles. The highest BCUT2D eigenvalue weighted by atomic mass is 79.9. The van der Waals surface area contributed by atoms with Crippen LogP contribution in [0.1, 0.15) is 111 Å². The van der Waals surface area contributed by atoms with Crippen molar-refractivity contribution >= 4 is 69.7 Å². The number of esters is 8. The summed E-state index contributed by atoms with van der Waals surface area (Å²) in [4.78, 5) is 103. The summed E-state index contributed by atoms with van der Waals surface area (Å²) in [6, 6.07) is 54.7. The number of aliphatic hydroxyl groups is 6. The standard InChI is InChI=1S/C30H36O11.C22H22O3.C15H22O7.C14H19BrO9.C8H8O4.C8H10O3/c1-18-13-24(15-25(14-18)37-16-23-9-7-6-8-10-23)11-12-35-30-29(40-22(5)34)28(39-21(4)33)27(38-20(3)32)26(41-30)17-36-19(2)31;23-12-11-20-13-21(24-16-18-7-3-1-4-8-18)15-22(14-20)25-17-19-9-5-2-6-10-19;1-8-4-9(6-10(17)5-8)2-3-21-15-14(20)13(19)12(18)11(7-16)22-15;1-6(16)20-5-10-11(21-7(2)17)12(22-8(3)18)13(14(15)24-10)23-9(4)19;9-6-1-5(3-8(11)12)2-7(10)4-6;9-2-1-6-3-7(10)5-8(11)4-6/h6-10,13-15,26-30H,11-12,16-17H2,1-5H3;1-10,13-15,23H,11-12,16-17H2;4-6,11-20H,2-3,7H2,1H3;10-14H,5H2,1-4H3;1-2,4,9-10H,3H2,(H,11,12);3-5,9-11H,1-2H2/t26-,27-,28+,29-,30-;;11-,12-,13+,14-,15-;10-,11-,12+,13-,14-;;/m1.11../s1. The van der Waals surface area contributed by atoms with Crippen molar-refractivity contribution in [3.05, 3.63) is 238 Å². The highest BCUT2D eigenvalue weighted by molar-refractivity contribution is 9.09. The zero-order valence-electron chi connectivity index (χ0n) is 76.0. The van der Waals surface area contributed by atoms with Gasteiger partial charge in [0.15, 0.2) is 54.2 Å². The second kappa shape index (κ2) is 57.9. The van der Waals surface area contributed by atoms with Crippen molar-refractivity contribution in [2.24, 2.45) is 0 Å². The van der Waals surface area contributed by atoms with E-state index in [-0.39, 0.29) is 74.8 Å². The quantitative estimate of drug-likeness (QED) is 0.0102. The van der Waals surface area contributed by atoms with Gasteiger partial charge >= 0.3 is 53.7 Å². The van der Waals surface area contributed by atoms with Crippen molar-refractivity contribution < 1.29 is 180 Å². The second-order valence-electron chi connectivity index (χ2n) is 30.8. The van der Waals surface area contributed by atoms with E-state index in [4.69, 9.17) is 112 Å².